The van der Waals surface area contributed by atoms with E-state index in [2.05, 4.69) is 57.6 Å². The molecule has 1 heterocycles. The molecular formula is C17H20BrNOS. The van der Waals surface area contributed by atoms with Crippen LogP contribution in [0, 0.1) is 0 Å². The summed E-state index contributed by atoms with van der Waals surface area (Å²) in [5.74, 6) is 1.65. The normalized spacial score (nSPS) is 21.0. The van der Waals surface area contributed by atoms with Gasteiger partial charge in [-0.15, -0.1) is 11.3 Å². The third-order valence-corrected chi connectivity index (χ3v) is 5.84. The number of rotatable bonds is 6. The molecule has 0 radical (unpaired) electrons. The lowest BCUT2D eigenvalue weighted by molar-refractivity contribution is 0.293. The molecular weight excluding hydrogens is 346 g/mol. The van der Waals surface area contributed by atoms with Crippen molar-refractivity contribution in [2.45, 2.75) is 31.2 Å². The molecule has 0 saturated heterocycles. The predicted octanol–water partition coefficient (Wildman–Crippen LogP) is 4.60. The van der Waals surface area contributed by atoms with Crippen LogP contribution in [0.1, 0.15) is 29.2 Å². The zero-order chi connectivity index (χ0) is 14.7. The number of hydrogen-bond acceptors (Lipinski definition) is 3. The number of hydrogen-bond donors (Lipinski definition) is 1. The van der Waals surface area contributed by atoms with Gasteiger partial charge < -0.3 is 10.1 Å². The van der Waals surface area contributed by atoms with E-state index in [-0.39, 0.29) is 0 Å². The first-order valence-electron chi connectivity index (χ1n) is 7.36. The maximum Gasteiger partial charge on any atom is 0.118 e. The Morgan fingerprint density at radius 1 is 1.19 bits per heavy atom. The Bertz CT molecular complexity index is 575. The summed E-state index contributed by atoms with van der Waals surface area (Å²) in [6.45, 7) is 1.08. The quantitative estimate of drug-likeness (QED) is 0.807. The highest BCUT2D eigenvalue weighted by molar-refractivity contribution is 9.11. The monoisotopic (exact) mass is 365 g/mol. The molecule has 21 heavy (non-hydrogen) atoms. The standard InChI is InChI=1S/C17H20BrNOS/c1-20-15-4-2-12(3-5-15)13-10-14(11-13)19-9-8-16-6-7-17(18)21-16/h2-7,13-14,19H,8-11H2,1H3. The van der Waals surface area contributed by atoms with E-state index in [1.165, 1.54) is 27.1 Å². The predicted molar refractivity (Wildman–Crippen MR) is 92.5 cm³/mol. The third-order valence-electron chi connectivity index (χ3n) is 4.16. The molecule has 0 atom stereocenters. The minimum Gasteiger partial charge on any atom is -0.497 e. The van der Waals surface area contributed by atoms with Gasteiger partial charge in [-0.1, -0.05) is 12.1 Å². The van der Waals surface area contributed by atoms with E-state index in [1.54, 1.807) is 7.11 Å². The highest BCUT2D eigenvalue weighted by atomic mass is 79.9. The van der Waals surface area contributed by atoms with Crippen LogP contribution in [0.3, 0.4) is 0 Å². The lowest BCUT2D eigenvalue weighted by Crippen LogP contribution is -2.40. The first-order valence-corrected chi connectivity index (χ1v) is 8.97. The van der Waals surface area contributed by atoms with Crippen LogP contribution in [0.5, 0.6) is 5.75 Å². The maximum atomic E-state index is 5.20. The summed E-state index contributed by atoms with van der Waals surface area (Å²) in [6.07, 6.45) is 3.63. The van der Waals surface area contributed by atoms with Crippen LogP contribution in [0.2, 0.25) is 0 Å². The number of nitrogens with one attached hydrogen (secondary N) is 1. The van der Waals surface area contributed by atoms with Crippen LogP contribution in [-0.2, 0) is 6.42 Å². The second kappa shape index (κ2) is 6.95. The highest BCUT2D eigenvalue weighted by Gasteiger charge is 2.29. The Morgan fingerprint density at radius 3 is 2.57 bits per heavy atom. The van der Waals surface area contributed by atoms with Gasteiger partial charge in [-0.25, -0.2) is 0 Å². The second-order valence-corrected chi connectivity index (χ2v) is 8.10. The van der Waals surface area contributed by atoms with Crippen LogP contribution >= 0.6 is 27.3 Å². The van der Waals surface area contributed by atoms with Crippen molar-refractivity contribution in [3.63, 3.8) is 0 Å². The zero-order valence-electron chi connectivity index (χ0n) is 12.1. The molecule has 1 saturated carbocycles. The molecule has 0 bridgehead atoms. The van der Waals surface area contributed by atoms with Crippen LogP contribution in [0.15, 0.2) is 40.2 Å². The zero-order valence-corrected chi connectivity index (χ0v) is 14.5. The smallest absolute Gasteiger partial charge is 0.118 e. The van der Waals surface area contributed by atoms with Crippen LogP contribution in [0.4, 0.5) is 0 Å². The van der Waals surface area contributed by atoms with Gasteiger partial charge in [0.1, 0.15) is 5.75 Å². The van der Waals surface area contributed by atoms with Gasteiger partial charge in [-0.05, 0) is 70.9 Å². The molecule has 2 nitrogen and oxygen atoms in total. The van der Waals surface area contributed by atoms with Crippen molar-refractivity contribution < 1.29 is 4.74 Å². The van der Waals surface area contributed by atoms with Crippen molar-refractivity contribution in [2.24, 2.45) is 0 Å². The lowest BCUT2D eigenvalue weighted by Gasteiger charge is -2.36. The van der Waals surface area contributed by atoms with E-state index in [0.29, 0.717) is 12.0 Å². The van der Waals surface area contributed by atoms with E-state index >= 15 is 0 Å². The Kier molecular flexibility index (Phi) is 4.99. The van der Waals surface area contributed by atoms with Crippen LogP contribution in [-0.4, -0.2) is 19.7 Å². The molecule has 0 amide bonds. The number of halogens is 1. The molecule has 0 unspecified atom stereocenters. The molecule has 1 aromatic carbocycles. The van der Waals surface area contributed by atoms with E-state index in [9.17, 15) is 0 Å². The van der Waals surface area contributed by atoms with Crippen molar-refractivity contribution in [2.75, 3.05) is 13.7 Å². The number of benzene rings is 1. The van der Waals surface area contributed by atoms with Crippen LogP contribution < -0.4 is 10.1 Å². The Morgan fingerprint density at radius 2 is 1.95 bits per heavy atom. The van der Waals surface area contributed by atoms with Crippen molar-refractivity contribution >= 4 is 27.3 Å². The molecule has 2 aromatic rings. The summed E-state index contributed by atoms with van der Waals surface area (Å²) in [7, 11) is 1.71. The van der Waals surface area contributed by atoms with Gasteiger partial charge in [0, 0.05) is 17.5 Å². The first kappa shape index (κ1) is 15.1. The molecule has 0 aliphatic heterocycles. The fraction of sp³-hybridized carbons (Fsp3) is 0.412. The molecule has 4 heteroatoms. The molecule has 1 fully saturated rings. The average Bonchev–Trinajstić information content (AvgIpc) is 2.87. The molecule has 112 valence electrons. The van der Waals surface area contributed by atoms with Gasteiger partial charge >= 0.3 is 0 Å². The summed E-state index contributed by atoms with van der Waals surface area (Å²) in [4.78, 5) is 1.44. The van der Waals surface area contributed by atoms with Gasteiger partial charge in [-0.2, -0.15) is 0 Å². The minimum atomic E-state index is 0.681. The summed E-state index contributed by atoms with van der Waals surface area (Å²) < 4.78 is 6.43. The van der Waals surface area contributed by atoms with Crippen LogP contribution in [0.25, 0.3) is 0 Å². The highest BCUT2D eigenvalue weighted by Crippen LogP contribution is 2.37. The number of methoxy groups -OCH3 is 1. The molecule has 1 N–H and O–H groups in total. The summed E-state index contributed by atoms with van der Waals surface area (Å²) >= 11 is 5.34. The minimum absolute atomic E-state index is 0.681. The lowest BCUT2D eigenvalue weighted by atomic mass is 9.76. The van der Waals surface area contributed by atoms with Gasteiger partial charge in [-0.3, -0.25) is 0 Å². The average molecular weight is 366 g/mol. The largest absolute Gasteiger partial charge is 0.497 e. The Balaban J connectivity index is 1.39. The summed E-state index contributed by atoms with van der Waals surface area (Å²) in [5.41, 5.74) is 1.44. The van der Waals surface area contributed by atoms with Crippen molar-refractivity contribution in [3.05, 3.63) is 50.6 Å². The molecule has 1 aromatic heterocycles. The summed E-state index contributed by atoms with van der Waals surface area (Å²) in [5, 5.41) is 3.67. The second-order valence-electron chi connectivity index (χ2n) is 5.55. The van der Waals surface area contributed by atoms with Crippen molar-refractivity contribution in [1.29, 1.82) is 0 Å². The molecule has 3 rings (SSSR count). The Hall–Kier alpha value is -0.840. The Labute approximate surface area is 138 Å². The first-order chi connectivity index (χ1) is 10.2. The van der Waals surface area contributed by atoms with E-state index < -0.39 is 0 Å². The van der Waals surface area contributed by atoms with Crippen molar-refractivity contribution in [3.8, 4) is 5.75 Å². The number of thiophene rings is 1. The maximum absolute atomic E-state index is 5.20. The van der Waals surface area contributed by atoms with E-state index in [4.69, 9.17) is 4.74 Å². The topological polar surface area (TPSA) is 21.3 Å². The van der Waals surface area contributed by atoms with E-state index in [0.717, 1.165) is 18.7 Å². The number of ether oxygens (including phenoxy) is 1. The fourth-order valence-corrected chi connectivity index (χ4v) is 4.30. The fourth-order valence-electron chi connectivity index (χ4n) is 2.82. The summed E-state index contributed by atoms with van der Waals surface area (Å²) in [6, 6.07) is 13.5. The van der Waals surface area contributed by atoms with Gasteiger partial charge in [0.2, 0.25) is 0 Å². The molecule has 0 spiro atoms. The van der Waals surface area contributed by atoms with Gasteiger partial charge in [0.25, 0.3) is 0 Å². The SMILES string of the molecule is COc1ccc(C2CC(NCCc3ccc(Br)s3)C2)cc1. The van der Waals surface area contributed by atoms with Gasteiger partial charge in [0.15, 0.2) is 0 Å². The molecule has 1 aliphatic rings. The van der Waals surface area contributed by atoms with E-state index in [1.807, 2.05) is 11.3 Å². The van der Waals surface area contributed by atoms with Crippen molar-refractivity contribution in [1.82, 2.24) is 5.32 Å². The third kappa shape index (κ3) is 3.87. The molecule has 1 aliphatic carbocycles. The van der Waals surface area contributed by atoms with Gasteiger partial charge in [0.05, 0.1) is 10.9 Å².